The molecule has 0 atom stereocenters. The fourth-order valence-corrected chi connectivity index (χ4v) is 6.87. The van der Waals surface area contributed by atoms with Crippen LogP contribution in [-0.2, 0) is 32.9 Å². The predicted molar refractivity (Wildman–Crippen MR) is 145 cm³/mol. The Morgan fingerprint density at radius 3 is 2.76 bits per heavy atom. The maximum absolute atomic E-state index is 15.1. The molecule has 0 saturated carbocycles. The van der Waals surface area contributed by atoms with E-state index in [4.69, 9.17) is 0 Å². The first-order chi connectivity index (χ1) is 18.4. The summed E-state index contributed by atoms with van der Waals surface area (Å²) in [5.74, 6) is -0.246. The van der Waals surface area contributed by atoms with Gasteiger partial charge in [-0.05, 0) is 73.1 Å². The average Bonchev–Trinajstić information content (AvgIpc) is 3.31. The lowest BCUT2D eigenvalue weighted by atomic mass is 9.91. The molecule has 0 bridgehead atoms. The largest absolute Gasteiger partial charge is 0.392 e. The van der Waals surface area contributed by atoms with Crippen LogP contribution in [0.1, 0.15) is 44.1 Å². The number of aryl methyl sites for hydroxylation is 2. The van der Waals surface area contributed by atoms with Gasteiger partial charge in [-0.15, -0.1) is 11.3 Å². The number of nitrogens with one attached hydrogen (secondary N) is 1. The number of carbonyl (C=O) groups excluding carboxylic acids is 1. The highest BCUT2D eigenvalue weighted by Gasteiger charge is 2.33. The normalized spacial score (nSPS) is 14.8. The van der Waals surface area contributed by atoms with Crippen LogP contribution in [0, 0.1) is 5.82 Å². The van der Waals surface area contributed by atoms with Gasteiger partial charge in [0.1, 0.15) is 23.6 Å². The minimum atomic E-state index is -0.532. The zero-order chi connectivity index (χ0) is 26.4. The molecule has 0 spiro atoms. The third kappa shape index (κ3) is 4.19. The fraction of sp³-hybridized carbons (Fsp3) is 0.286. The van der Waals surface area contributed by atoms with Crippen molar-refractivity contribution in [2.24, 2.45) is 7.05 Å². The highest BCUT2D eigenvalue weighted by molar-refractivity contribution is 7.14. The Kier molecular flexibility index (Phi) is 6.29. The number of thiophene rings is 1. The van der Waals surface area contributed by atoms with E-state index in [1.54, 1.807) is 47.8 Å². The van der Waals surface area contributed by atoms with Gasteiger partial charge in [-0.3, -0.25) is 9.59 Å². The van der Waals surface area contributed by atoms with Crippen molar-refractivity contribution in [3.05, 3.63) is 85.6 Å². The van der Waals surface area contributed by atoms with Crippen LogP contribution < -0.4 is 15.8 Å². The average molecular weight is 532 g/mol. The number of aliphatic hydroxyl groups excluding tert-OH is 1. The van der Waals surface area contributed by atoms with Crippen molar-refractivity contribution >= 4 is 34.4 Å². The molecule has 4 aromatic rings. The van der Waals surface area contributed by atoms with Crippen LogP contribution in [0.2, 0.25) is 0 Å². The number of hydrogen-bond donors (Lipinski definition) is 2. The van der Waals surface area contributed by atoms with E-state index in [9.17, 15) is 14.7 Å². The van der Waals surface area contributed by atoms with Gasteiger partial charge in [-0.2, -0.15) is 0 Å². The van der Waals surface area contributed by atoms with Crippen molar-refractivity contribution in [2.75, 3.05) is 16.8 Å². The molecule has 8 nitrogen and oxygen atoms in total. The molecular weight excluding hydrogens is 505 g/mol. The number of carbonyl (C=O) groups is 1. The van der Waals surface area contributed by atoms with Crippen molar-refractivity contribution in [3.8, 4) is 11.1 Å². The highest BCUT2D eigenvalue weighted by atomic mass is 32.1. The number of aromatic nitrogens is 3. The summed E-state index contributed by atoms with van der Waals surface area (Å²) in [7, 11) is 1.60. The zero-order valence-corrected chi connectivity index (χ0v) is 21.6. The molecule has 38 heavy (non-hydrogen) atoms. The van der Waals surface area contributed by atoms with E-state index in [1.165, 1.54) is 33.5 Å². The molecule has 2 aliphatic rings. The van der Waals surface area contributed by atoms with Gasteiger partial charge in [-0.25, -0.2) is 14.4 Å². The topological polar surface area (TPSA) is 100 Å². The number of aliphatic hydroxyl groups is 1. The second kappa shape index (κ2) is 9.77. The fourth-order valence-electron chi connectivity index (χ4n) is 5.48. The van der Waals surface area contributed by atoms with Crippen molar-refractivity contribution < 1.29 is 14.3 Å². The standard InChI is InChI=1S/C28H26FN5O3S/c1-33-13-16(10-22(27(33)36)32-25-6-8-30-15-31-25)20-11-17(29)12-23(21(20)14-35)34-9-7-19-18-4-2-3-5-24(18)38-26(19)28(34)37/h6,8,10-13,15,35H,2-5,7,9,14H2,1H3,(H,30,31,32). The van der Waals surface area contributed by atoms with Gasteiger partial charge in [0.15, 0.2) is 0 Å². The lowest BCUT2D eigenvalue weighted by Crippen LogP contribution is -2.37. The zero-order valence-electron chi connectivity index (χ0n) is 20.8. The second-order valence-electron chi connectivity index (χ2n) is 9.61. The molecule has 0 unspecified atom stereocenters. The predicted octanol–water partition coefficient (Wildman–Crippen LogP) is 4.36. The van der Waals surface area contributed by atoms with Crippen LogP contribution >= 0.6 is 11.3 Å². The van der Waals surface area contributed by atoms with Gasteiger partial charge < -0.3 is 19.9 Å². The number of rotatable bonds is 5. The van der Waals surface area contributed by atoms with Gasteiger partial charge in [0.2, 0.25) is 0 Å². The quantitative estimate of drug-likeness (QED) is 0.397. The van der Waals surface area contributed by atoms with Gasteiger partial charge in [0, 0.05) is 42.0 Å². The van der Waals surface area contributed by atoms with E-state index in [0.717, 1.165) is 36.1 Å². The molecule has 10 heteroatoms. The number of benzene rings is 1. The number of amides is 1. The Morgan fingerprint density at radius 1 is 1.13 bits per heavy atom. The van der Waals surface area contributed by atoms with Crippen LogP contribution in [0.5, 0.6) is 0 Å². The SMILES string of the molecule is Cn1cc(-c2cc(F)cc(N3CCc4c(sc5c4CCCC5)C3=O)c2CO)cc(Nc2ccncn2)c1=O. The van der Waals surface area contributed by atoms with Crippen molar-refractivity contribution in [1.82, 2.24) is 14.5 Å². The summed E-state index contributed by atoms with van der Waals surface area (Å²) in [5, 5.41) is 13.5. The third-order valence-corrected chi connectivity index (χ3v) is 8.61. The van der Waals surface area contributed by atoms with E-state index < -0.39 is 12.4 Å². The van der Waals surface area contributed by atoms with E-state index in [0.29, 0.717) is 41.2 Å². The molecule has 1 aromatic carbocycles. The molecule has 0 radical (unpaired) electrons. The maximum atomic E-state index is 15.1. The number of fused-ring (bicyclic) bond motifs is 3. The number of nitrogens with zero attached hydrogens (tertiary/aromatic N) is 4. The molecule has 1 aliphatic heterocycles. The minimum Gasteiger partial charge on any atom is -0.392 e. The number of pyridine rings is 1. The Labute approximate surface area is 222 Å². The molecule has 2 N–H and O–H groups in total. The van der Waals surface area contributed by atoms with Crippen LogP contribution in [0.15, 0.2) is 47.8 Å². The maximum Gasteiger partial charge on any atom is 0.274 e. The van der Waals surface area contributed by atoms with E-state index in [1.807, 2.05) is 0 Å². The highest BCUT2D eigenvalue weighted by Crippen LogP contribution is 2.41. The van der Waals surface area contributed by atoms with Crippen LogP contribution in [0.4, 0.5) is 21.6 Å². The second-order valence-corrected chi connectivity index (χ2v) is 10.7. The monoisotopic (exact) mass is 531 g/mol. The first-order valence-electron chi connectivity index (χ1n) is 12.6. The minimum absolute atomic E-state index is 0.150. The smallest absolute Gasteiger partial charge is 0.274 e. The lowest BCUT2D eigenvalue weighted by molar-refractivity contribution is 0.0984. The van der Waals surface area contributed by atoms with Crippen molar-refractivity contribution in [2.45, 2.75) is 38.7 Å². The van der Waals surface area contributed by atoms with E-state index in [2.05, 4.69) is 15.3 Å². The molecule has 194 valence electrons. The van der Waals surface area contributed by atoms with Crippen LogP contribution in [0.25, 0.3) is 11.1 Å². The van der Waals surface area contributed by atoms with Crippen LogP contribution in [-0.4, -0.2) is 32.1 Å². The molecule has 4 heterocycles. The summed E-state index contributed by atoms with van der Waals surface area (Å²) in [6.45, 7) is 0.0126. The summed E-state index contributed by atoms with van der Waals surface area (Å²) in [6.07, 6.45) is 9.51. The summed E-state index contributed by atoms with van der Waals surface area (Å²) in [5.41, 5.74) is 4.13. The first kappa shape index (κ1) is 24.4. The molecule has 6 rings (SSSR count). The molecule has 1 amide bonds. The molecular formula is C28H26FN5O3S. The lowest BCUT2D eigenvalue weighted by Gasteiger charge is -2.30. The van der Waals surface area contributed by atoms with E-state index in [-0.39, 0.29) is 17.2 Å². The number of hydrogen-bond acceptors (Lipinski definition) is 7. The molecule has 0 saturated heterocycles. The van der Waals surface area contributed by atoms with Crippen LogP contribution in [0.3, 0.4) is 0 Å². The summed E-state index contributed by atoms with van der Waals surface area (Å²) < 4.78 is 16.5. The Balaban J connectivity index is 1.43. The van der Waals surface area contributed by atoms with Gasteiger partial charge >= 0.3 is 0 Å². The van der Waals surface area contributed by atoms with Gasteiger partial charge in [0.05, 0.1) is 17.2 Å². The van der Waals surface area contributed by atoms with Crippen molar-refractivity contribution in [3.63, 3.8) is 0 Å². The molecule has 0 fully saturated rings. The third-order valence-electron chi connectivity index (χ3n) is 7.28. The Bertz CT molecular complexity index is 1620. The number of halogens is 1. The Hall–Kier alpha value is -3.89. The molecule has 1 aliphatic carbocycles. The number of anilines is 3. The molecule has 3 aromatic heterocycles. The van der Waals surface area contributed by atoms with Gasteiger partial charge in [-0.1, -0.05) is 0 Å². The summed E-state index contributed by atoms with van der Waals surface area (Å²) >= 11 is 1.56. The van der Waals surface area contributed by atoms with Gasteiger partial charge in [0.25, 0.3) is 11.5 Å². The first-order valence-corrected chi connectivity index (χ1v) is 13.4. The summed E-state index contributed by atoms with van der Waals surface area (Å²) in [6, 6.07) is 5.87. The Morgan fingerprint density at radius 2 is 1.97 bits per heavy atom. The van der Waals surface area contributed by atoms with Crippen molar-refractivity contribution in [1.29, 1.82) is 0 Å². The summed E-state index contributed by atoms with van der Waals surface area (Å²) in [4.78, 5) is 38.1. The van der Waals surface area contributed by atoms with E-state index >= 15 is 4.39 Å².